The van der Waals surface area contributed by atoms with E-state index in [1.807, 2.05) is 61.9 Å². The van der Waals surface area contributed by atoms with Crippen LogP contribution in [0, 0.1) is 13.8 Å². The molecule has 2 heterocycles. The first-order valence-electron chi connectivity index (χ1n) is 9.62. The normalized spacial score (nSPS) is 14.5. The molecule has 0 bridgehead atoms. The van der Waals surface area contributed by atoms with E-state index in [0.717, 1.165) is 22.6 Å². The summed E-state index contributed by atoms with van der Waals surface area (Å²) >= 11 is 0. The maximum Gasteiger partial charge on any atom is 0.317 e. The number of aryl methyl sites for hydroxylation is 1. The Morgan fingerprint density at radius 1 is 1.07 bits per heavy atom. The molecule has 0 radical (unpaired) electrons. The van der Waals surface area contributed by atoms with Gasteiger partial charge in [-0.05, 0) is 39.0 Å². The number of carbonyl (C=O) groups is 2. The van der Waals surface area contributed by atoms with Gasteiger partial charge < -0.3 is 15.1 Å². The van der Waals surface area contributed by atoms with Gasteiger partial charge in [0, 0.05) is 50.1 Å². The maximum atomic E-state index is 12.6. The Hall–Kier alpha value is -3.09. The van der Waals surface area contributed by atoms with Crippen LogP contribution in [0.3, 0.4) is 0 Å². The second-order valence-corrected chi connectivity index (χ2v) is 6.81. The van der Waals surface area contributed by atoms with Gasteiger partial charge in [-0.1, -0.05) is 18.2 Å². The fraction of sp³-hybridized carbons (Fsp3) is 0.381. The molecule has 1 saturated heterocycles. The van der Waals surface area contributed by atoms with Crippen molar-refractivity contribution in [3.63, 3.8) is 0 Å². The molecule has 1 aliphatic rings. The lowest BCUT2D eigenvalue weighted by Gasteiger charge is -2.34. The number of para-hydroxylation sites is 1. The number of piperazine rings is 1. The number of amides is 3. The first kappa shape index (κ1) is 19.7. The molecule has 1 fully saturated rings. The van der Waals surface area contributed by atoms with Crippen LogP contribution >= 0.6 is 0 Å². The molecule has 7 heteroatoms. The fourth-order valence-corrected chi connectivity index (χ4v) is 3.37. The van der Waals surface area contributed by atoms with Gasteiger partial charge in [0.05, 0.1) is 11.4 Å². The average Bonchev–Trinajstić information content (AvgIpc) is 3.00. The van der Waals surface area contributed by atoms with Gasteiger partial charge in [-0.15, -0.1) is 0 Å². The van der Waals surface area contributed by atoms with E-state index >= 15 is 0 Å². The molecule has 7 nitrogen and oxygen atoms in total. The highest BCUT2D eigenvalue weighted by molar-refractivity contribution is 5.92. The van der Waals surface area contributed by atoms with E-state index in [2.05, 4.69) is 10.4 Å². The highest BCUT2D eigenvalue weighted by atomic mass is 16.2. The third-order valence-electron chi connectivity index (χ3n) is 4.95. The predicted octanol–water partition coefficient (Wildman–Crippen LogP) is 2.38. The maximum absolute atomic E-state index is 12.6. The van der Waals surface area contributed by atoms with E-state index in [4.69, 9.17) is 0 Å². The van der Waals surface area contributed by atoms with E-state index in [0.29, 0.717) is 32.7 Å². The number of benzene rings is 1. The minimum Gasteiger partial charge on any atom is -0.338 e. The SMILES string of the molecule is CCNC(=O)N1CCN(C(=O)/C=C/c2c(C)nn(-c3ccccc3)c2C)CC1. The van der Waals surface area contributed by atoms with Crippen molar-refractivity contribution >= 4 is 18.0 Å². The molecule has 0 unspecified atom stereocenters. The van der Waals surface area contributed by atoms with Crippen molar-refractivity contribution in [3.8, 4) is 5.69 Å². The van der Waals surface area contributed by atoms with Crippen LogP contribution < -0.4 is 5.32 Å². The third kappa shape index (κ3) is 4.24. The van der Waals surface area contributed by atoms with Crippen molar-refractivity contribution in [3.05, 3.63) is 53.4 Å². The van der Waals surface area contributed by atoms with Gasteiger partial charge in [-0.2, -0.15) is 5.10 Å². The minimum absolute atomic E-state index is 0.0400. The molecule has 28 heavy (non-hydrogen) atoms. The lowest BCUT2D eigenvalue weighted by Crippen LogP contribution is -2.52. The van der Waals surface area contributed by atoms with E-state index in [1.165, 1.54) is 0 Å². The smallest absolute Gasteiger partial charge is 0.317 e. The molecular formula is C21H27N5O2. The van der Waals surface area contributed by atoms with Crippen LogP contribution in [0.2, 0.25) is 0 Å². The van der Waals surface area contributed by atoms with Crippen LogP contribution in [-0.2, 0) is 4.79 Å². The van der Waals surface area contributed by atoms with Crippen LogP contribution in [0.5, 0.6) is 0 Å². The monoisotopic (exact) mass is 381 g/mol. The van der Waals surface area contributed by atoms with Crippen LogP contribution in [0.1, 0.15) is 23.9 Å². The second-order valence-electron chi connectivity index (χ2n) is 6.81. The number of hydrogen-bond acceptors (Lipinski definition) is 3. The van der Waals surface area contributed by atoms with Crippen molar-refractivity contribution in [1.29, 1.82) is 0 Å². The lowest BCUT2D eigenvalue weighted by molar-refractivity contribution is -0.127. The predicted molar refractivity (Wildman–Crippen MR) is 109 cm³/mol. The number of nitrogens with one attached hydrogen (secondary N) is 1. The molecule has 1 aromatic carbocycles. The summed E-state index contributed by atoms with van der Waals surface area (Å²) < 4.78 is 1.89. The number of hydrogen-bond donors (Lipinski definition) is 1. The summed E-state index contributed by atoms with van der Waals surface area (Å²) in [5.41, 5.74) is 3.83. The molecule has 148 valence electrons. The van der Waals surface area contributed by atoms with Crippen LogP contribution in [0.4, 0.5) is 4.79 Å². The van der Waals surface area contributed by atoms with Gasteiger partial charge in [-0.25, -0.2) is 9.48 Å². The standard InChI is InChI=1S/C21H27N5O2/c1-4-22-21(28)25-14-12-24(13-15-25)20(27)11-10-19-16(2)23-26(17(19)3)18-8-6-5-7-9-18/h5-11H,4,12-15H2,1-3H3,(H,22,28)/b11-10+. The number of urea groups is 1. The quantitative estimate of drug-likeness (QED) is 0.827. The molecule has 0 atom stereocenters. The van der Waals surface area contributed by atoms with E-state index in [-0.39, 0.29) is 11.9 Å². The number of aromatic nitrogens is 2. The van der Waals surface area contributed by atoms with Crippen LogP contribution in [-0.4, -0.2) is 64.2 Å². The topological polar surface area (TPSA) is 70.5 Å². The summed E-state index contributed by atoms with van der Waals surface area (Å²) in [7, 11) is 0. The molecule has 3 amide bonds. The lowest BCUT2D eigenvalue weighted by atomic mass is 10.1. The number of rotatable bonds is 4. The molecule has 0 saturated carbocycles. The average molecular weight is 381 g/mol. The van der Waals surface area contributed by atoms with E-state index < -0.39 is 0 Å². The van der Waals surface area contributed by atoms with E-state index in [9.17, 15) is 9.59 Å². The molecule has 3 rings (SSSR count). The summed E-state index contributed by atoms with van der Waals surface area (Å²) in [6, 6.07) is 9.87. The summed E-state index contributed by atoms with van der Waals surface area (Å²) in [5.74, 6) is -0.0400. The molecule has 2 aromatic rings. The van der Waals surface area contributed by atoms with Crippen molar-refractivity contribution < 1.29 is 9.59 Å². The Labute approximate surface area is 165 Å². The molecule has 0 aliphatic carbocycles. The first-order chi connectivity index (χ1) is 13.5. The van der Waals surface area contributed by atoms with Crippen LogP contribution in [0.25, 0.3) is 11.8 Å². The number of carbonyl (C=O) groups excluding carboxylic acids is 2. The van der Waals surface area contributed by atoms with Gasteiger partial charge >= 0.3 is 6.03 Å². The Morgan fingerprint density at radius 3 is 2.36 bits per heavy atom. The van der Waals surface area contributed by atoms with Crippen molar-refractivity contribution in [2.45, 2.75) is 20.8 Å². The van der Waals surface area contributed by atoms with Crippen molar-refractivity contribution in [2.75, 3.05) is 32.7 Å². The third-order valence-corrected chi connectivity index (χ3v) is 4.95. The van der Waals surface area contributed by atoms with Gasteiger partial charge in [0.2, 0.25) is 5.91 Å². The number of nitrogens with zero attached hydrogens (tertiary/aromatic N) is 4. The van der Waals surface area contributed by atoms with Crippen molar-refractivity contribution in [1.82, 2.24) is 24.9 Å². The zero-order valence-electron chi connectivity index (χ0n) is 16.7. The van der Waals surface area contributed by atoms with Gasteiger partial charge in [0.15, 0.2) is 0 Å². The van der Waals surface area contributed by atoms with E-state index in [1.54, 1.807) is 15.9 Å². The molecule has 1 aromatic heterocycles. The second kappa shape index (κ2) is 8.73. The zero-order chi connectivity index (χ0) is 20.1. The Bertz CT molecular complexity index is 864. The Kier molecular flexibility index (Phi) is 6.13. The molecule has 1 N–H and O–H groups in total. The molecule has 1 aliphatic heterocycles. The van der Waals surface area contributed by atoms with Gasteiger partial charge in [0.1, 0.15) is 0 Å². The first-order valence-corrected chi connectivity index (χ1v) is 9.62. The summed E-state index contributed by atoms with van der Waals surface area (Å²) in [4.78, 5) is 28.0. The Morgan fingerprint density at radius 2 is 1.71 bits per heavy atom. The fourth-order valence-electron chi connectivity index (χ4n) is 3.37. The highest BCUT2D eigenvalue weighted by Crippen LogP contribution is 2.19. The highest BCUT2D eigenvalue weighted by Gasteiger charge is 2.22. The van der Waals surface area contributed by atoms with Crippen molar-refractivity contribution in [2.24, 2.45) is 0 Å². The van der Waals surface area contributed by atoms with Crippen LogP contribution in [0.15, 0.2) is 36.4 Å². The zero-order valence-corrected chi connectivity index (χ0v) is 16.7. The van der Waals surface area contributed by atoms with Gasteiger partial charge in [0.25, 0.3) is 0 Å². The molecular weight excluding hydrogens is 354 g/mol. The largest absolute Gasteiger partial charge is 0.338 e. The summed E-state index contributed by atoms with van der Waals surface area (Å²) in [5, 5.41) is 7.40. The Balaban J connectivity index is 1.65. The minimum atomic E-state index is -0.0651. The molecule has 0 spiro atoms. The summed E-state index contributed by atoms with van der Waals surface area (Å²) in [6.45, 7) is 8.64. The van der Waals surface area contributed by atoms with Gasteiger partial charge in [-0.3, -0.25) is 4.79 Å². The summed E-state index contributed by atoms with van der Waals surface area (Å²) in [6.07, 6.45) is 3.45.